The molecule has 0 saturated carbocycles. The number of carbonyl (C=O) groups is 1. The second kappa shape index (κ2) is 14.9. The molecule has 6 rings (SSSR count). The summed E-state index contributed by atoms with van der Waals surface area (Å²) in [6.45, 7) is -0.315. The van der Waals surface area contributed by atoms with Crippen molar-refractivity contribution in [3.8, 4) is 11.1 Å². The summed E-state index contributed by atoms with van der Waals surface area (Å²) in [6.07, 6.45) is 3.07. The molecule has 1 amide bonds. The van der Waals surface area contributed by atoms with E-state index < -0.39 is 46.8 Å². The Morgan fingerprint density at radius 1 is 0.898 bits per heavy atom. The maximum Gasteiger partial charge on any atom is 0.257 e. The highest BCUT2D eigenvalue weighted by Gasteiger charge is 2.33. The van der Waals surface area contributed by atoms with Gasteiger partial charge < -0.3 is 24.5 Å². The zero-order valence-corrected chi connectivity index (χ0v) is 26.8. The van der Waals surface area contributed by atoms with Crippen molar-refractivity contribution in [2.75, 3.05) is 5.75 Å². The lowest BCUT2D eigenvalue weighted by Crippen LogP contribution is -2.31. The number of aryl methyl sites for hydroxylation is 1. The van der Waals surface area contributed by atoms with Crippen molar-refractivity contribution in [1.29, 1.82) is 0 Å². The second-order valence-electron chi connectivity index (χ2n) is 11.4. The molecule has 1 aliphatic heterocycles. The van der Waals surface area contributed by atoms with Crippen LogP contribution in [0.3, 0.4) is 0 Å². The first-order valence-electron chi connectivity index (χ1n) is 15.2. The summed E-state index contributed by atoms with van der Waals surface area (Å²) in [5.74, 6) is -11.9. The van der Waals surface area contributed by atoms with Crippen molar-refractivity contribution in [3.63, 3.8) is 0 Å². The Hall–Kier alpha value is -4.56. The zero-order chi connectivity index (χ0) is 34.7. The largest absolute Gasteiger partial charge is 0.392 e. The summed E-state index contributed by atoms with van der Waals surface area (Å²) in [5.41, 5.74) is 2.89. The number of carbonyl (C=O) groups excluding carboxylic acids is 1. The number of benzene rings is 4. The highest BCUT2D eigenvalue weighted by atomic mass is 32.2. The number of aromatic nitrogens is 2. The topological polar surface area (TPSA) is 85.6 Å². The Kier molecular flexibility index (Phi) is 10.4. The minimum atomic E-state index is -2.34. The van der Waals surface area contributed by atoms with Gasteiger partial charge >= 0.3 is 0 Å². The maximum atomic E-state index is 14.2. The number of rotatable bonds is 10. The van der Waals surface area contributed by atoms with Crippen LogP contribution in [0.2, 0.25) is 0 Å². The molecule has 1 aliphatic rings. The molecule has 13 heteroatoms. The Labute approximate surface area is 282 Å². The van der Waals surface area contributed by atoms with Crippen molar-refractivity contribution in [2.45, 2.75) is 43.2 Å². The van der Waals surface area contributed by atoms with Gasteiger partial charge in [-0.2, -0.15) is 0 Å². The van der Waals surface area contributed by atoms with E-state index >= 15 is 0 Å². The minimum absolute atomic E-state index is 0.0619. The fourth-order valence-electron chi connectivity index (χ4n) is 5.53. The van der Waals surface area contributed by atoms with Gasteiger partial charge in [0.25, 0.3) is 5.91 Å². The summed E-state index contributed by atoms with van der Waals surface area (Å²) in [4.78, 5) is 17.0. The van der Waals surface area contributed by atoms with E-state index in [0.717, 1.165) is 27.4 Å². The lowest BCUT2D eigenvalue weighted by atomic mass is 9.97. The molecular formula is C36H30F5N3O4S. The molecule has 0 aliphatic carbocycles. The lowest BCUT2D eigenvalue weighted by molar-refractivity contribution is -0.245. The van der Waals surface area contributed by atoms with E-state index in [2.05, 4.69) is 10.3 Å². The molecule has 2 heterocycles. The van der Waals surface area contributed by atoms with Crippen molar-refractivity contribution < 1.29 is 41.3 Å². The van der Waals surface area contributed by atoms with Gasteiger partial charge in [-0.3, -0.25) is 4.79 Å². The Balaban J connectivity index is 1.20. The Morgan fingerprint density at radius 2 is 1.55 bits per heavy atom. The SMILES string of the molecule is Cn1ccnc1SC[C@H]1C[C@@H](c2ccc(CO)cc2)O[C@@H](c2ccc(-c3ccccc3CNC(=O)c3c(F)c(F)c(F)c(F)c3F)cc2)O1. The normalized spacial score (nSPS) is 17.7. The van der Waals surface area contributed by atoms with Crippen LogP contribution in [0.25, 0.3) is 11.1 Å². The Morgan fingerprint density at radius 3 is 2.20 bits per heavy atom. The molecule has 7 nitrogen and oxygen atoms in total. The number of halogens is 5. The van der Waals surface area contributed by atoms with Gasteiger partial charge in [-0.1, -0.05) is 84.6 Å². The number of aliphatic hydroxyl groups excluding tert-OH is 1. The van der Waals surface area contributed by atoms with Crippen LogP contribution in [-0.4, -0.2) is 32.4 Å². The quantitative estimate of drug-likeness (QED) is 0.0680. The first-order valence-corrected chi connectivity index (χ1v) is 16.2. The van der Waals surface area contributed by atoms with E-state index in [4.69, 9.17) is 9.47 Å². The smallest absolute Gasteiger partial charge is 0.257 e. The van der Waals surface area contributed by atoms with Crippen LogP contribution < -0.4 is 5.32 Å². The lowest BCUT2D eigenvalue weighted by Gasteiger charge is -2.36. The molecule has 0 unspecified atom stereocenters. The molecule has 254 valence electrons. The summed E-state index contributed by atoms with van der Waals surface area (Å²) in [5, 5.41) is 12.6. The number of nitrogens with zero attached hydrogens (tertiary/aromatic N) is 2. The minimum Gasteiger partial charge on any atom is -0.392 e. The van der Waals surface area contributed by atoms with E-state index in [1.165, 1.54) is 0 Å². The molecule has 1 aromatic heterocycles. The average Bonchev–Trinajstić information content (AvgIpc) is 3.55. The number of hydrogen-bond acceptors (Lipinski definition) is 6. The predicted octanol–water partition coefficient (Wildman–Crippen LogP) is 7.54. The van der Waals surface area contributed by atoms with Gasteiger partial charge in [-0.25, -0.2) is 26.9 Å². The first-order chi connectivity index (χ1) is 23.6. The van der Waals surface area contributed by atoms with Crippen molar-refractivity contribution in [1.82, 2.24) is 14.9 Å². The van der Waals surface area contributed by atoms with E-state index in [0.29, 0.717) is 23.3 Å². The van der Waals surface area contributed by atoms with Crippen molar-refractivity contribution >= 4 is 17.7 Å². The van der Waals surface area contributed by atoms with Crippen LogP contribution >= 0.6 is 11.8 Å². The number of imidazole rings is 1. The van der Waals surface area contributed by atoms with Crippen molar-refractivity contribution in [2.24, 2.45) is 7.05 Å². The van der Waals surface area contributed by atoms with Crippen LogP contribution in [0.1, 0.15) is 51.4 Å². The van der Waals surface area contributed by atoms with E-state index in [9.17, 15) is 31.9 Å². The highest BCUT2D eigenvalue weighted by molar-refractivity contribution is 7.99. The number of hydrogen-bond donors (Lipinski definition) is 2. The fourth-order valence-corrected chi connectivity index (χ4v) is 6.47. The van der Waals surface area contributed by atoms with Crippen LogP contribution in [0, 0.1) is 29.1 Å². The Bertz CT molecular complexity index is 1930. The second-order valence-corrected chi connectivity index (χ2v) is 12.4. The molecule has 1 saturated heterocycles. The van der Waals surface area contributed by atoms with E-state index in [1.54, 1.807) is 42.2 Å². The monoisotopic (exact) mass is 695 g/mol. The van der Waals surface area contributed by atoms with Gasteiger partial charge in [0.05, 0.1) is 18.8 Å². The number of ether oxygens (including phenoxy) is 2. The van der Waals surface area contributed by atoms with Gasteiger partial charge in [0, 0.05) is 43.7 Å². The fraction of sp³-hybridized carbons (Fsp3) is 0.222. The maximum absolute atomic E-state index is 14.2. The first kappa shape index (κ1) is 34.3. The number of aliphatic hydroxyl groups is 1. The summed E-state index contributed by atoms with van der Waals surface area (Å²) in [7, 11) is 1.93. The predicted molar refractivity (Wildman–Crippen MR) is 172 cm³/mol. The van der Waals surface area contributed by atoms with Gasteiger partial charge in [-0.05, 0) is 27.8 Å². The van der Waals surface area contributed by atoms with Gasteiger partial charge in [0.15, 0.2) is 34.7 Å². The van der Waals surface area contributed by atoms with E-state index in [-0.39, 0.29) is 25.4 Å². The van der Waals surface area contributed by atoms with Crippen LogP contribution in [0.5, 0.6) is 0 Å². The molecular weight excluding hydrogens is 665 g/mol. The third-order valence-electron chi connectivity index (χ3n) is 8.18. The average molecular weight is 696 g/mol. The molecule has 0 radical (unpaired) electrons. The van der Waals surface area contributed by atoms with E-state index in [1.807, 2.05) is 66.3 Å². The number of nitrogens with one attached hydrogen (secondary N) is 1. The van der Waals surface area contributed by atoms with Crippen molar-refractivity contribution in [3.05, 3.63) is 142 Å². The molecule has 5 aromatic rings. The molecule has 1 fully saturated rings. The molecule has 49 heavy (non-hydrogen) atoms. The molecule has 3 atom stereocenters. The van der Waals surface area contributed by atoms with Crippen LogP contribution in [0.4, 0.5) is 22.0 Å². The highest BCUT2D eigenvalue weighted by Crippen LogP contribution is 2.40. The molecule has 2 N–H and O–H groups in total. The number of thioether (sulfide) groups is 1. The standard InChI is InChI=1S/C36H30F5N3O4S/c1-44-15-14-42-36(44)49-19-25-16-27(22-8-6-20(18-45)7-9-22)48-35(47-25)23-12-10-21(11-13-23)26-5-3-2-4-24(26)17-43-34(46)28-29(37)31(39)33(41)32(40)30(28)38/h2-15,25,27,35,45H,16-19H2,1H3,(H,43,46)/t25-,27+,35+/m1/s1. The molecule has 0 bridgehead atoms. The van der Waals surface area contributed by atoms with Gasteiger partial charge in [0.2, 0.25) is 5.82 Å². The van der Waals surface area contributed by atoms with Gasteiger partial charge in [0.1, 0.15) is 5.56 Å². The third kappa shape index (κ3) is 7.39. The number of amides is 1. The zero-order valence-electron chi connectivity index (χ0n) is 26.0. The molecule has 4 aromatic carbocycles. The summed E-state index contributed by atoms with van der Waals surface area (Å²) >= 11 is 1.58. The van der Waals surface area contributed by atoms with Crippen LogP contribution in [0.15, 0.2) is 90.3 Å². The summed E-state index contributed by atoms with van der Waals surface area (Å²) in [6, 6.07) is 21.9. The third-order valence-corrected chi connectivity index (χ3v) is 9.37. The van der Waals surface area contributed by atoms with Crippen LogP contribution in [-0.2, 0) is 29.7 Å². The van der Waals surface area contributed by atoms with Gasteiger partial charge in [-0.15, -0.1) is 0 Å². The summed E-state index contributed by atoms with van der Waals surface area (Å²) < 4.78 is 84.0. The molecule has 0 spiro atoms.